The van der Waals surface area contributed by atoms with Gasteiger partial charge in [0.1, 0.15) is 17.9 Å². The van der Waals surface area contributed by atoms with Crippen LogP contribution in [0.25, 0.3) is 32.2 Å². The minimum atomic E-state index is -2.68. The van der Waals surface area contributed by atoms with Crippen LogP contribution in [0.15, 0.2) is 54.6 Å². The van der Waals surface area contributed by atoms with Crippen molar-refractivity contribution in [1.29, 1.82) is 0 Å². The molecule has 180 valence electrons. The number of alkyl halides is 2. The molecule has 0 fully saturated rings. The van der Waals surface area contributed by atoms with Crippen molar-refractivity contribution in [1.82, 2.24) is 29.6 Å². The second kappa shape index (κ2) is 9.51. The fourth-order valence-corrected chi connectivity index (χ4v) is 4.56. The van der Waals surface area contributed by atoms with E-state index in [1.54, 1.807) is 41.5 Å². The van der Waals surface area contributed by atoms with E-state index < -0.39 is 12.5 Å². The molecule has 3 aromatic heterocycles. The molecule has 1 atom stereocenters. The Hall–Kier alpha value is -3.70. The summed E-state index contributed by atoms with van der Waals surface area (Å²) in [6, 6.07) is 9.40. The molecule has 1 N–H and O–H groups in total. The summed E-state index contributed by atoms with van der Waals surface area (Å²) in [5.41, 5.74) is 5.63. The van der Waals surface area contributed by atoms with Crippen molar-refractivity contribution < 1.29 is 13.5 Å². The van der Waals surface area contributed by atoms with Crippen LogP contribution in [-0.4, -0.2) is 62.8 Å². The number of hydrogen-bond donors (Lipinski definition) is 1. The lowest BCUT2D eigenvalue weighted by atomic mass is 10.1. The van der Waals surface area contributed by atoms with E-state index in [0.717, 1.165) is 27.0 Å². The van der Waals surface area contributed by atoms with Gasteiger partial charge in [0.25, 0.3) is 6.43 Å². The van der Waals surface area contributed by atoms with Crippen molar-refractivity contribution in [2.24, 2.45) is 7.05 Å². The maximum Gasteiger partial charge on any atom is 0.276 e. The number of ether oxygens (including phenoxy) is 1. The van der Waals surface area contributed by atoms with Crippen LogP contribution in [0.4, 0.5) is 20.3 Å². The number of rotatable bonds is 8. The van der Waals surface area contributed by atoms with Gasteiger partial charge in [-0.1, -0.05) is 0 Å². The largest absolute Gasteiger partial charge is 0.482 e. The highest BCUT2D eigenvalue weighted by Crippen LogP contribution is 2.37. The highest BCUT2D eigenvalue weighted by atomic mass is 32.1. The molecule has 0 bridgehead atoms. The SMILES string of the molecule is CN(C)CC(Oc1cc(-c2cnn(C)c2)cc2ncnc(Nc3ccc4ncsc4c3)c12)C(F)F. The lowest BCUT2D eigenvalue weighted by Crippen LogP contribution is -2.36. The first kappa shape index (κ1) is 23.1. The topological polar surface area (TPSA) is 81.0 Å². The normalized spacial score (nSPS) is 12.7. The first-order valence-electron chi connectivity index (χ1n) is 10.8. The molecule has 3 heterocycles. The molecular formula is C24H23F2N7OS. The third-order valence-corrected chi connectivity index (χ3v) is 6.23. The Labute approximate surface area is 204 Å². The summed E-state index contributed by atoms with van der Waals surface area (Å²) in [7, 11) is 5.28. The Bertz CT molecular complexity index is 1480. The van der Waals surface area contributed by atoms with Gasteiger partial charge in [0.05, 0.1) is 32.8 Å². The number of nitrogens with zero attached hydrogens (tertiary/aromatic N) is 6. The van der Waals surface area contributed by atoms with E-state index in [9.17, 15) is 8.78 Å². The molecule has 0 aliphatic rings. The number of halogens is 2. The molecular weight excluding hydrogens is 472 g/mol. The molecule has 11 heteroatoms. The van der Waals surface area contributed by atoms with Gasteiger partial charge in [-0.15, -0.1) is 11.3 Å². The number of thiazole rings is 1. The first-order valence-corrected chi connectivity index (χ1v) is 11.7. The lowest BCUT2D eigenvalue weighted by Gasteiger charge is -2.23. The van der Waals surface area contributed by atoms with E-state index in [-0.39, 0.29) is 12.3 Å². The summed E-state index contributed by atoms with van der Waals surface area (Å²) in [4.78, 5) is 14.8. The molecule has 0 aliphatic heterocycles. The summed E-state index contributed by atoms with van der Waals surface area (Å²) in [5.74, 6) is 0.736. The number of aryl methyl sites for hydroxylation is 1. The van der Waals surface area contributed by atoms with Gasteiger partial charge in [0.2, 0.25) is 0 Å². The van der Waals surface area contributed by atoms with Crippen molar-refractivity contribution in [3.63, 3.8) is 0 Å². The predicted octanol–water partition coefficient (Wildman–Crippen LogP) is 4.96. The average molecular weight is 496 g/mol. The molecule has 0 aliphatic carbocycles. The zero-order chi connectivity index (χ0) is 24.5. The summed E-state index contributed by atoms with van der Waals surface area (Å²) in [6.07, 6.45) is 0.986. The molecule has 5 aromatic rings. The van der Waals surface area contributed by atoms with Crippen molar-refractivity contribution in [3.05, 3.63) is 54.6 Å². The van der Waals surface area contributed by atoms with Crippen molar-refractivity contribution in [3.8, 4) is 16.9 Å². The fraction of sp³-hybridized carbons (Fsp3) is 0.250. The van der Waals surface area contributed by atoms with Crippen LogP contribution < -0.4 is 10.1 Å². The lowest BCUT2D eigenvalue weighted by molar-refractivity contribution is -0.000201. The van der Waals surface area contributed by atoms with Crippen LogP contribution in [0, 0.1) is 0 Å². The van der Waals surface area contributed by atoms with Crippen molar-refractivity contribution in [2.75, 3.05) is 26.0 Å². The first-order chi connectivity index (χ1) is 16.9. The molecule has 0 saturated carbocycles. The fourth-order valence-electron chi connectivity index (χ4n) is 3.84. The van der Waals surface area contributed by atoms with Gasteiger partial charge in [0.15, 0.2) is 6.10 Å². The quantitative estimate of drug-likeness (QED) is 0.326. The van der Waals surface area contributed by atoms with Gasteiger partial charge in [-0.25, -0.2) is 23.7 Å². The Balaban J connectivity index is 1.63. The number of nitrogens with one attached hydrogen (secondary N) is 1. The van der Waals surface area contributed by atoms with Crippen LogP contribution in [-0.2, 0) is 7.05 Å². The van der Waals surface area contributed by atoms with Gasteiger partial charge >= 0.3 is 0 Å². The van der Waals surface area contributed by atoms with Crippen LogP contribution >= 0.6 is 11.3 Å². The summed E-state index contributed by atoms with van der Waals surface area (Å²) < 4.78 is 36.5. The van der Waals surface area contributed by atoms with Crippen LogP contribution in [0.5, 0.6) is 5.75 Å². The Morgan fingerprint density at radius 1 is 1.09 bits per heavy atom. The highest BCUT2D eigenvalue weighted by molar-refractivity contribution is 7.16. The van der Waals surface area contributed by atoms with Crippen LogP contribution in [0.1, 0.15) is 0 Å². The van der Waals surface area contributed by atoms with Gasteiger partial charge in [-0.3, -0.25) is 4.68 Å². The second-order valence-electron chi connectivity index (χ2n) is 8.41. The molecule has 0 saturated heterocycles. The molecule has 2 aromatic carbocycles. The second-order valence-corrected chi connectivity index (χ2v) is 9.29. The molecule has 35 heavy (non-hydrogen) atoms. The zero-order valence-corrected chi connectivity index (χ0v) is 20.1. The number of fused-ring (bicyclic) bond motifs is 2. The number of likely N-dealkylation sites (N-methyl/N-ethyl adjacent to an activating group) is 1. The van der Waals surface area contributed by atoms with E-state index in [0.29, 0.717) is 16.7 Å². The highest BCUT2D eigenvalue weighted by Gasteiger charge is 2.25. The third kappa shape index (κ3) is 4.91. The molecule has 1 unspecified atom stereocenters. The van der Waals surface area contributed by atoms with Gasteiger partial charge in [-0.05, 0) is 50.0 Å². The smallest absolute Gasteiger partial charge is 0.276 e. The maximum atomic E-state index is 13.9. The van der Waals surface area contributed by atoms with E-state index in [1.165, 1.54) is 17.7 Å². The van der Waals surface area contributed by atoms with E-state index >= 15 is 0 Å². The molecule has 5 rings (SSSR count). The van der Waals surface area contributed by atoms with Crippen molar-refractivity contribution >= 4 is 44.0 Å². The minimum Gasteiger partial charge on any atom is -0.482 e. The Kier molecular flexibility index (Phi) is 6.27. The third-order valence-electron chi connectivity index (χ3n) is 5.44. The summed E-state index contributed by atoms with van der Waals surface area (Å²) >= 11 is 1.53. The average Bonchev–Trinajstić information content (AvgIpc) is 3.46. The van der Waals surface area contributed by atoms with E-state index in [2.05, 4.69) is 25.4 Å². The number of benzene rings is 2. The molecule has 0 spiro atoms. The van der Waals surface area contributed by atoms with Crippen LogP contribution in [0.2, 0.25) is 0 Å². The van der Waals surface area contributed by atoms with Gasteiger partial charge in [-0.2, -0.15) is 5.10 Å². The molecule has 0 amide bonds. The number of hydrogen-bond acceptors (Lipinski definition) is 8. The zero-order valence-electron chi connectivity index (χ0n) is 19.3. The molecule has 8 nitrogen and oxygen atoms in total. The Morgan fingerprint density at radius 2 is 1.94 bits per heavy atom. The van der Waals surface area contributed by atoms with E-state index in [4.69, 9.17) is 4.74 Å². The monoisotopic (exact) mass is 495 g/mol. The summed E-state index contributed by atoms with van der Waals surface area (Å²) in [5, 5.41) is 8.06. The molecule has 0 radical (unpaired) electrons. The number of aromatic nitrogens is 5. The minimum absolute atomic E-state index is 0.0504. The predicted molar refractivity (Wildman–Crippen MR) is 134 cm³/mol. The van der Waals surface area contributed by atoms with Crippen LogP contribution in [0.3, 0.4) is 0 Å². The van der Waals surface area contributed by atoms with E-state index in [1.807, 2.05) is 37.5 Å². The van der Waals surface area contributed by atoms with Gasteiger partial charge < -0.3 is 15.0 Å². The summed E-state index contributed by atoms with van der Waals surface area (Å²) in [6.45, 7) is 0.0504. The maximum absolute atomic E-state index is 13.9. The van der Waals surface area contributed by atoms with Gasteiger partial charge in [0, 0.05) is 31.0 Å². The standard InChI is InChI=1S/C24H23F2N7OS/c1-32(2)11-20(23(25)26)34-19-7-14(15-9-30-33(3)10-15)6-18-22(19)24(28-12-27-18)31-16-4-5-17-21(8-16)35-13-29-17/h4-10,12-13,20,23H,11H2,1-3H3,(H,27,28,31). The Morgan fingerprint density at radius 3 is 2.69 bits per heavy atom. The van der Waals surface area contributed by atoms with Crippen molar-refractivity contribution in [2.45, 2.75) is 12.5 Å². The number of anilines is 2.